The second kappa shape index (κ2) is 5.75. The average molecular weight is 320 g/mol. The van der Waals surface area contributed by atoms with Crippen molar-refractivity contribution in [1.82, 2.24) is 9.97 Å². The molecule has 0 N–H and O–H groups in total. The molecule has 0 saturated carbocycles. The molecule has 0 amide bonds. The number of aromatic nitrogens is 2. The zero-order valence-corrected chi connectivity index (χ0v) is 13.8. The van der Waals surface area contributed by atoms with Crippen LogP contribution in [0.1, 0.15) is 36.2 Å². The van der Waals surface area contributed by atoms with Crippen LogP contribution < -0.4 is 0 Å². The largest absolute Gasteiger partial charge is 0.437 e. The lowest BCUT2D eigenvalue weighted by atomic mass is 10.0. The molecule has 4 aromatic rings. The van der Waals surface area contributed by atoms with Crippen molar-refractivity contribution in [1.29, 1.82) is 0 Å². The maximum atomic E-state index is 8.17. The van der Waals surface area contributed by atoms with Crippen molar-refractivity contribution >= 4 is 22.1 Å². The number of hydrogen-bond acceptors (Lipinski definition) is 3. The lowest BCUT2D eigenvalue weighted by molar-refractivity contribution is 0.653. The molecule has 24 heavy (non-hydrogen) atoms. The Hall–Kier alpha value is -2.68. The maximum absolute atomic E-state index is 8.17. The third-order valence-electron chi connectivity index (χ3n) is 4.22. The van der Waals surface area contributed by atoms with Gasteiger partial charge in [0.2, 0.25) is 5.71 Å². The van der Waals surface area contributed by atoms with E-state index in [-0.39, 0.29) is 11.1 Å². The summed E-state index contributed by atoms with van der Waals surface area (Å²) in [4.78, 5) is 8.89. The van der Waals surface area contributed by atoms with E-state index in [0.29, 0.717) is 17.0 Å². The monoisotopic (exact) mass is 320 g/mol. The molecule has 3 nitrogen and oxygen atoms in total. The molecule has 0 fully saturated rings. The first-order valence-electron chi connectivity index (χ1n) is 9.86. The zero-order chi connectivity index (χ0) is 20.3. The molecule has 3 heteroatoms. The van der Waals surface area contributed by atoms with E-state index >= 15 is 0 Å². The second-order valence-electron chi connectivity index (χ2n) is 5.70. The Labute approximate surface area is 147 Å². The van der Waals surface area contributed by atoms with Crippen molar-refractivity contribution in [3.8, 4) is 11.3 Å². The van der Waals surface area contributed by atoms with Crippen LogP contribution in [0.15, 0.2) is 47.0 Å². The molecule has 0 unspecified atom stereocenters. The molecule has 0 aliphatic carbocycles. The Bertz CT molecular complexity index is 1200. The fourth-order valence-electron chi connectivity index (χ4n) is 2.98. The van der Waals surface area contributed by atoms with Crippen molar-refractivity contribution in [3.05, 3.63) is 59.4 Å². The Kier molecular flexibility index (Phi) is 2.63. The van der Waals surface area contributed by atoms with E-state index in [4.69, 9.17) is 9.90 Å². The Balaban J connectivity index is 1.99. The van der Waals surface area contributed by atoms with Gasteiger partial charge < -0.3 is 4.42 Å². The van der Waals surface area contributed by atoms with Crippen molar-refractivity contribution in [2.24, 2.45) is 0 Å². The molecule has 120 valence electrons. The predicted molar refractivity (Wildman–Crippen MR) is 98.2 cm³/mol. The summed E-state index contributed by atoms with van der Waals surface area (Å²) < 4.78 is 38.4. The Morgan fingerprint density at radius 3 is 2.67 bits per heavy atom. The summed E-state index contributed by atoms with van der Waals surface area (Å²) in [5.41, 5.74) is 3.84. The van der Waals surface area contributed by atoms with Crippen molar-refractivity contribution in [2.75, 3.05) is 0 Å². The molecule has 0 aliphatic heterocycles. The second-order valence-corrected chi connectivity index (χ2v) is 5.70. The molecular formula is C21H20N2O. The minimum Gasteiger partial charge on any atom is -0.437 e. The number of hydrogen-bond donors (Lipinski definition) is 0. The highest BCUT2D eigenvalue weighted by atomic mass is 16.3. The first-order chi connectivity index (χ1) is 13.1. The smallest absolute Gasteiger partial charge is 0.227 e. The fourth-order valence-corrected chi connectivity index (χ4v) is 2.98. The van der Waals surface area contributed by atoms with Crippen molar-refractivity contribution < 1.29 is 9.90 Å². The minimum atomic E-state index is -1.71. The van der Waals surface area contributed by atoms with Crippen LogP contribution >= 0.6 is 0 Å². The number of rotatable bonds is 3. The van der Waals surface area contributed by atoms with E-state index in [2.05, 4.69) is 9.97 Å². The van der Waals surface area contributed by atoms with E-state index in [1.165, 1.54) is 20.0 Å². The highest BCUT2D eigenvalue weighted by molar-refractivity contribution is 6.08. The van der Waals surface area contributed by atoms with E-state index in [1.807, 2.05) is 37.3 Å². The van der Waals surface area contributed by atoms with Crippen LogP contribution in [-0.4, -0.2) is 9.97 Å². The molecule has 4 rings (SSSR count). The molecular weight excluding hydrogens is 296 g/mol. The van der Waals surface area contributed by atoms with Crippen LogP contribution in [0.25, 0.3) is 33.3 Å². The zero-order valence-electron chi connectivity index (χ0n) is 17.8. The highest BCUT2D eigenvalue weighted by Gasteiger charge is 2.14. The standard InChI is InChI=1S/C21H20N2O/c1-4-14-11-19(22-12-15(14)5-2)18-8-6-7-16-17-10-9-13(3)23-21(17)24-20(16)18/h6-12H,4-5H2,1-3H3/i4D2,5D2. The van der Waals surface area contributed by atoms with Gasteiger partial charge in [0, 0.05) is 33.7 Å². The summed E-state index contributed by atoms with van der Waals surface area (Å²) in [6, 6.07) is 11.3. The summed E-state index contributed by atoms with van der Waals surface area (Å²) in [5.74, 6) is 0. The summed E-state index contributed by atoms with van der Waals surface area (Å²) in [5, 5.41) is 1.83. The maximum Gasteiger partial charge on any atom is 0.227 e. The van der Waals surface area contributed by atoms with Gasteiger partial charge in [-0.2, -0.15) is 0 Å². The number of aryl methyl sites for hydroxylation is 3. The number of para-hydroxylation sites is 1. The molecule has 0 aliphatic rings. The molecule has 3 heterocycles. The molecule has 1 aromatic carbocycles. The molecule has 0 bridgehead atoms. The normalized spacial score (nSPS) is 15.1. The SMILES string of the molecule is [2H]C([2H])(C)c1cnc(-c2cccc3c2oc2nc(C)ccc23)cc1C([2H])([2H])C. The van der Waals surface area contributed by atoms with E-state index < -0.39 is 12.7 Å². The van der Waals surface area contributed by atoms with Gasteiger partial charge in [-0.25, -0.2) is 4.98 Å². The van der Waals surface area contributed by atoms with Crippen LogP contribution in [0, 0.1) is 6.92 Å². The number of benzene rings is 1. The summed E-state index contributed by atoms with van der Waals surface area (Å²) in [7, 11) is 0. The molecule has 0 spiro atoms. The van der Waals surface area contributed by atoms with E-state index in [9.17, 15) is 0 Å². The number of nitrogens with zero attached hydrogens (tertiary/aromatic N) is 2. The first-order valence-corrected chi connectivity index (χ1v) is 7.86. The van der Waals surface area contributed by atoms with Crippen LogP contribution in [0.3, 0.4) is 0 Å². The lowest BCUT2D eigenvalue weighted by Gasteiger charge is -2.08. The van der Waals surface area contributed by atoms with Gasteiger partial charge in [0.05, 0.1) is 5.69 Å². The van der Waals surface area contributed by atoms with Gasteiger partial charge in [-0.15, -0.1) is 0 Å². The Morgan fingerprint density at radius 1 is 1.04 bits per heavy atom. The molecule has 0 atom stereocenters. The summed E-state index contributed by atoms with van der Waals surface area (Å²) in [6.45, 7) is 4.74. The van der Waals surface area contributed by atoms with Crippen LogP contribution in [0.5, 0.6) is 0 Å². The van der Waals surface area contributed by atoms with Gasteiger partial charge in [0.25, 0.3) is 0 Å². The first kappa shape index (κ1) is 11.0. The predicted octanol–water partition coefficient (Wildman–Crippen LogP) is 5.48. The molecule has 0 radical (unpaired) electrons. The van der Waals surface area contributed by atoms with Crippen LogP contribution in [0.4, 0.5) is 0 Å². The lowest BCUT2D eigenvalue weighted by Crippen LogP contribution is -1.95. The van der Waals surface area contributed by atoms with Crippen LogP contribution in [0.2, 0.25) is 0 Å². The van der Waals surface area contributed by atoms with Gasteiger partial charge in [-0.3, -0.25) is 4.98 Å². The number of fused-ring (bicyclic) bond motifs is 3. The van der Waals surface area contributed by atoms with Gasteiger partial charge in [-0.1, -0.05) is 26.0 Å². The van der Waals surface area contributed by atoms with E-state index in [0.717, 1.165) is 22.0 Å². The van der Waals surface area contributed by atoms with Crippen molar-refractivity contribution in [2.45, 2.75) is 33.5 Å². The summed E-state index contributed by atoms with van der Waals surface area (Å²) >= 11 is 0. The minimum absolute atomic E-state index is 0.248. The quantitative estimate of drug-likeness (QED) is 0.502. The van der Waals surface area contributed by atoms with Gasteiger partial charge in [0.15, 0.2) is 0 Å². The van der Waals surface area contributed by atoms with E-state index in [1.54, 1.807) is 6.07 Å². The highest BCUT2D eigenvalue weighted by Crippen LogP contribution is 2.34. The van der Waals surface area contributed by atoms with Gasteiger partial charge >= 0.3 is 0 Å². The Morgan fingerprint density at radius 2 is 1.88 bits per heavy atom. The number of furan rings is 1. The van der Waals surface area contributed by atoms with Crippen molar-refractivity contribution in [3.63, 3.8) is 0 Å². The fraction of sp³-hybridized carbons (Fsp3) is 0.238. The van der Waals surface area contributed by atoms with Gasteiger partial charge in [0.1, 0.15) is 5.58 Å². The number of pyridine rings is 2. The third kappa shape index (κ3) is 2.28. The van der Waals surface area contributed by atoms with Crippen LogP contribution in [-0.2, 0) is 12.7 Å². The summed E-state index contributed by atoms with van der Waals surface area (Å²) in [6.07, 6.45) is -1.98. The van der Waals surface area contributed by atoms with Gasteiger partial charge in [-0.05, 0) is 55.1 Å². The third-order valence-corrected chi connectivity index (χ3v) is 4.22. The molecule has 0 saturated heterocycles. The average Bonchev–Trinajstić information content (AvgIpc) is 2.97. The topological polar surface area (TPSA) is 38.9 Å². The molecule has 3 aromatic heterocycles.